The van der Waals surface area contributed by atoms with Gasteiger partial charge in [0.05, 0.1) is 11.1 Å². The molecule has 0 fully saturated rings. The second-order valence-electron chi connectivity index (χ2n) is 4.78. The summed E-state index contributed by atoms with van der Waals surface area (Å²) in [7, 11) is -6.22. The van der Waals surface area contributed by atoms with Crippen molar-refractivity contribution < 1.29 is 40.6 Å². The largest absolute Gasteiger partial charge is 0.525 e. The number of nitrogens with zero attached hydrogens (tertiary/aromatic N) is 1. The van der Waals surface area contributed by atoms with Crippen molar-refractivity contribution in [3.8, 4) is 5.75 Å². The van der Waals surface area contributed by atoms with Gasteiger partial charge in [-0.3, -0.25) is 9.59 Å². The molecule has 1 heterocycles. The molecule has 126 valence electrons. The number of hydrogen-bond donors (Lipinski definition) is 1. The molecular weight excluding hydrogens is 355 g/mol. The zero-order valence-corrected chi connectivity index (χ0v) is 12.2. The highest BCUT2D eigenvalue weighted by Gasteiger charge is 2.51. The Bertz CT molecular complexity index is 999. The summed E-state index contributed by atoms with van der Waals surface area (Å²) in [6.45, 7) is 0. The van der Waals surface area contributed by atoms with E-state index in [1.807, 2.05) is 0 Å². The lowest BCUT2D eigenvalue weighted by molar-refractivity contribution is -0.0761. The van der Waals surface area contributed by atoms with Crippen LogP contribution in [0.1, 0.15) is 20.7 Å². The maximum atomic E-state index is 12.4. The second kappa shape index (κ2) is 4.92. The summed E-state index contributed by atoms with van der Waals surface area (Å²) < 4.78 is 63.2. The standard InChI is InChI=1S/C13H6F3NO6S/c14-13(15,16)24(21,22)23-17-11(19)8-3-1-2-6-4-7(18)5-9(10(6)8)12(17)20/h1-5,18H. The first-order valence-corrected chi connectivity index (χ1v) is 7.59. The number of hydroxylamine groups is 2. The zero-order valence-electron chi connectivity index (χ0n) is 11.4. The van der Waals surface area contributed by atoms with Gasteiger partial charge in [-0.25, -0.2) is 0 Å². The quantitative estimate of drug-likeness (QED) is 0.648. The molecule has 1 aliphatic heterocycles. The fourth-order valence-electron chi connectivity index (χ4n) is 2.28. The lowest BCUT2D eigenvalue weighted by Gasteiger charge is -2.25. The first kappa shape index (κ1) is 16.2. The third-order valence-corrected chi connectivity index (χ3v) is 4.16. The van der Waals surface area contributed by atoms with Gasteiger partial charge in [0.25, 0.3) is 11.8 Å². The van der Waals surface area contributed by atoms with Crippen molar-refractivity contribution in [1.82, 2.24) is 5.06 Å². The Kier molecular flexibility index (Phi) is 3.32. The molecule has 0 bridgehead atoms. The van der Waals surface area contributed by atoms with Crippen molar-refractivity contribution in [2.45, 2.75) is 5.51 Å². The van der Waals surface area contributed by atoms with Crippen molar-refractivity contribution in [2.75, 3.05) is 0 Å². The molecule has 11 heteroatoms. The number of alkyl halides is 3. The summed E-state index contributed by atoms with van der Waals surface area (Å²) in [4.78, 5) is 24.4. The van der Waals surface area contributed by atoms with Crippen LogP contribution in [0.3, 0.4) is 0 Å². The highest BCUT2D eigenvalue weighted by molar-refractivity contribution is 7.87. The van der Waals surface area contributed by atoms with Crippen LogP contribution < -0.4 is 0 Å². The highest BCUT2D eigenvalue weighted by atomic mass is 32.2. The molecule has 2 amide bonds. The first-order valence-electron chi connectivity index (χ1n) is 6.18. The van der Waals surface area contributed by atoms with Crippen LogP contribution in [0.15, 0.2) is 30.3 Å². The molecule has 0 radical (unpaired) electrons. The van der Waals surface area contributed by atoms with Gasteiger partial charge in [0.2, 0.25) is 0 Å². The average molecular weight is 361 g/mol. The minimum atomic E-state index is -6.22. The number of phenols is 1. The van der Waals surface area contributed by atoms with Crippen LogP contribution in [-0.4, -0.2) is 35.9 Å². The van der Waals surface area contributed by atoms with Crippen molar-refractivity contribution in [3.63, 3.8) is 0 Å². The minimum Gasteiger partial charge on any atom is -0.508 e. The van der Waals surface area contributed by atoms with E-state index >= 15 is 0 Å². The number of carbonyl (C=O) groups excluding carboxylic acids is 2. The van der Waals surface area contributed by atoms with Crippen molar-refractivity contribution in [1.29, 1.82) is 0 Å². The van der Waals surface area contributed by atoms with Crippen LogP contribution in [0.4, 0.5) is 13.2 Å². The zero-order chi connectivity index (χ0) is 17.9. The van der Waals surface area contributed by atoms with E-state index < -0.39 is 38.3 Å². The summed E-state index contributed by atoms with van der Waals surface area (Å²) in [6.07, 6.45) is 0. The second-order valence-corrected chi connectivity index (χ2v) is 6.30. The Morgan fingerprint density at radius 2 is 1.67 bits per heavy atom. The van der Waals surface area contributed by atoms with Gasteiger partial charge in [0.15, 0.2) is 0 Å². The molecule has 2 aromatic carbocycles. The van der Waals surface area contributed by atoms with Gasteiger partial charge in [0, 0.05) is 5.39 Å². The van der Waals surface area contributed by atoms with Gasteiger partial charge >= 0.3 is 15.6 Å². The number of imide groups is 1. The number of phenolic OH excluding ortho intramolecular Hbond substituents is 1. The Hall–Kier alpha value is -2.66. The fourth-order valence-corrected chi connectivity index (χ4v) is 2.69. The van der Waals surface area contributed by atoms with Crippen LogP contribution in [0, 0.1) is 0 Å². The molecule has 0 atom stereocenters. The fraction of sp³-hybridized carbons (Fsp3) is 0.0769. The highest BCUT2D eigenvalue weighted by Crippen LogP contribution is 2.35. The van der Waals surface area contributed by atoms with Crippen LogP contribution >= 0.6 is 0 Å². The summed E-state index contributed by atoms with van der Waals surface area (Å²) in [5.74, 6) is -3.19. The van der Waals surface area contributed by atoms with Crippen LogP contribution in [0.25, 0.3) is 10.8 Å². The van der Waals surface area contributed by atoms with Crippen molar-refractivity contribution in [3.05, 3.63) is 41.5 Å². The predicted molar refractivity (Wildman–Crippen MR) is 72.2 cm³/mol. The smallest absolute Gasteiger partial charge is 0.508 e. The molecule has 7 nitrogen and oxygen atoms in total. The summed E-state index contributed by atoms with van der Waals surface area (Å²) >= 11 is 0. The van der Waals surface area contributed by atoms with Crippen LogP contribution in [0.5, 0.6) is 5.75 Å². The van der Waals surface area contributed by atoms with Gasteiger partial charge in [0.1, 0.15) is 5.75 Å². The van der Waals surface area contributed by atoms with E-state index in [-0.39, 0.29) is 21.9 Å². The van der Waals surface area contributed by atoms with E-state index in [9.17, 15) is 36.3 Å². The van der Waals surface area contributed by atoms with Gasteiger partial charge in [-0.2, -0.15) is 21.6 Å². The Morgan fingerprint density at radius 1 is 1.04 bits per heavy atom. The number of rotatable bonds is 2. The van der Waals surface area contributed by atoms with E-state index in [4.69, 9.17) is 0 Å². The molecule has 0 unspecified atom stereocenters. The van der Waals surface area contributed by atoms with E-state index in [2.05, 4.69) is 4.28 Å². The van der Waals surface area contributed by atoms with Gasteiger partial charge in [-0.15, -0.1) is 9.35 Å². The monoisotopic (exact) mass is 361 g/mol. The van der Waals surface area contributed by atoms with E-state index in [0.29, 0.717) is 0 Å². The average Bonchev–Trinajstić information content (AvgIpc) is 2.47. The van der Waals surface area contributed by atoms with E-state index in [1.54, 1.807) is 0 Å². The molecule has 0 aromatic heterocycles. The molecule has 0 aliphatic carbocycles. The topological polar surface area (TPSA) is 101 Å². The SMILES string of the molecule is O=C1c2cccc3cc(O)cc(c23)C(=O)N1OS(=O)(=O)C(F)(F)F. The van der Waals surface area contributed by atoms with Crippen LogP contribution in [-0.2, 0) is 14.4 Å². The Balaban J connectivity index is 2.18. The summed E-state index contributed by atoms with van der Waals surface area (Å²) in [5.41, 5.74) is -6.42. The number of aromatic hydroxyl groups is 1. The molecule has 3 rings (SSSR count). The van der Waals surface area contributed by atoms with Gasteiger partial charge < -0.3 is 5.11 Å². The Morgan fingerprint density at radius 3 is 2.29 bits per heavy atom. The summed E-state index contributed by atoms with van der Waals surface area (Å²) in [6, 6.07) is 6.15. The van der Waals surface area contributed by atoms with Crippen molar-refractivity contribution >= 4 is 32.7 Å². The maximum Gasteiger partial charge on any atom is 0.525 e. The third-order valence-electron chi connectivity index (χ3n) is 3.25. The molecule has 0 spiro atoms. The third kappa shape index (κ3) is 2.29. The minimum absolute atomic E-state index is 0.0783. The number of hydrogen-bond acceptors (Lipinski definition) is 6. The molecule has 0 saturated heterocycles. The first-order chi connectivity index (χ1) is 11.0. The van der Waals surface area contributed by atoms with Gasteiger partial charge in [-0.1, -0.05) is 12.1 Å². The molecule has 1 aliphatic rings. The molecule has 24 heavy (non-hydrogen) atoms. The predicted octanol–water partition coefficient (Wildman–Crippen LogP) is 1.92. The molecule has 0 saturated carbocycles. The lowest BCUT2D eigenvalue weighted by atomic mass is 9.95. The molecule has 2 aromatic rings. The number of benzene rings is 2. The Labute approximate surface area is 131 Å². The normalized spacial score (nSPS) is 15.2. The molecule has 1 N–H and O–H groups in total. The van der Waals surface area contributed by atoms with E-state index in [0.717, 1.165) is 6.07 Å². The van der Waals surface area contributed by atoms with Gasteiger partial charge in [-0.05, 0) is 23.6 Å². The summed E-state index contributed by atoms with van der Waals surface area (Å²) in [5, 5.41) is 9.47. The number of halogens is 3. The number of carbonyl (C=O) groups is 2. The van der Waals surface area contributed by atoms with Crippen molar-refractivity contribution in [2.24, 2.45) is 0 Å². The molecular formula is C13H6F3NO6S. The lowest BCUT2D eigenvalue weighted by Crippen LogP contribution is -2.44. The van der Waals surface area contributed by atoms with Crippen LogP contribution in [0.2, 0.25) is 0 Å². The maximum absolute atomic E-state index is 12.4. The number of amides is 2. The van der Waals surface area contributed by atoms with E-state index in [1.165, 1.54) is 24.3 Å².